The molecule has 0 radical (unpaired) electrons. The molecular formula is C37H72N10O5. The third kappa shape index (κ3) is 27.3. The van der Waals surface area contributed by atoms with Gasteiger partial charge in [-0.05, 0) is 83.7 Å². The second kappa shape index (κ2) is 33.5. The highest BCUT2D eigenvalue weighted by Crippen LogP contribution is 2.04. The minimum Gasteiger partial charge on any atom is -0.356 e. The monoisotopic (exact) mass is 737 g/mol. The Morgan fingerprint density at radius 3 is 1.46 bits per heavy atom. The van der Waals surface area contributed by atoms with Crippen molar-refractivity contribution in [1.29, 1.82) is 0 Å². The van der Waals surface area contributed by atoms with Crippen LogP contribution in [0.5, 0.6) is 0 Å². The Balaban J connectivity index is 5.34. The second-order valence-corrected chi connectivity index (χ2v) is 12.9. The van der Waals surface area contributed by atoms with Gasteiger partial charge in [-0.2, -0.15) is 0 Å². The van der Waals surface area contributed by atoms with Gasteiger partial charge in [-0.25, -0.2) is 0 Å². The van der Waals surface area contributed by atoms with E-state index in [1.165, 1.54) is 0 Å². The molecule has 0 aliphatic rings. The zero-order valence-corrected chi connectivity index (χ0v) is 32.2. The number of carbonyl (C=O) groups excluding carboxylic acids is 5. The molecule has 2 atom stereocenters. The highest BCUT2D eigenvalue weighted by Gasteiger charge is 2.19. The summed E-state index contributed by atoms with van der Waals surface area (Å²) < 4.78 is 0. The van der Waals surface area contributed by atoms with Crippen LogP contribution >= 0.6 is 0 Å². The third-order valence-electron chi connectivity index (χ3n) is 8.23. The van der Waals surface area contributed by atoms with Gasteiger partial charge in [0.15, 0.2) is 0 Å². The number of amides is 5. The molecule has 0 unspecified atom stereocenters. The van der Waals surface area contributed by atoms with E-state index in [0.717, 1.165) is 19.3 Å². The Labute approximate surface area is 312 Å². The normalized spacial score (nSPS) is 12.6. The van der Waals surface area contributed by atoms with Crippen LogP contribution in [-0.4, -0.2) is 123 Å². The van der Waals surface area contributed by atoms with Gasteiger partial charge in [-0.1, -0.05) is 38.2 Å². The molecule has 0 aromatic carbocycles. The minimum atomic E-state index is -0.663. The number of nitrogens with two attached hydrogens (primary N) is 4. The van der Waals surface area contributed by atoms with Crippen LogP contribution in [0.25, 0.3) is 0 Å². The van der Waals surface area contributed by atoms with E-state index in [1.807, 2.05) is 34.1 Å². The van der Waals surface area contributed by atoms with E-state index in [1.54, 1.807) is 0 Å². The molecule has 0 spiro atoms. The largest absolute Gasteiger partial charge is 0.356 e. The van der Waals surface area contributed by atoms with Crippen LogP contribution in [0.4, 0.5) is 0 Å². The average molecular weight is 737 g/mol. The zero-order chi connectivity index (χ0) is 38.8. The van der Waals surface area contributed by atoms with Gasteiger partial charge in [-0.3, -0.25) is 28.9 Å². The van der Waals surface area contributed by atoms with Crippen LogP contribution in [-0.2, 0) is 24.0 Å². The summed E-state index contributed by atoms with van der Waals surface area (Å²) in [5.74, 6) is -0.571. The summed E-state index contributed by atoms with van der Waals surface area (Å²) in [4.78, 5) is 66.5. The molecule has 0 saturated heterocycles. The molecular weight excluding hydrogens is 664 g/mol. The lowest BCUT2D eigenvalue weighted by atomic mass is 10.2. The zero-order valence-electron chi connectivity index (χ0n) is 32.2. The topological polar surface area (TPSA) is 244 Å². The Morgan fingerprint density at radius 1 is 0.577 bits per heavy atom. The summed E-state index contributed by atoms with van der Waals surface area (Å²) >= 11 is 0. The van der Waals surface area contributed by atoms with Crippen molar-refractivity contribution in [3.63, 3.8) is 0 Å². The minimum absolute atomic E-state index is 0.0142. The van der Waals surface area contributed by atoms with Gasteiger partial charge in [0, 0.05) is 65.2 Å². The Hall–Kier alpha value is -3.37. The number of nitrogens with zero attached hydrogens (tertiary/aromatic N) is 2. The molecule has 0 aromatic rings. The summed E-state index contributed by atoms with van der Waals surface area (Å²) in [6, 6.07) is -1.33. The Kier molecular flexibility index (Phi) is 31.3. The average Bonchev–Trinajstić information content (AvgIpc) is 3.12. The molecule has 5 amide bonds. The molecule has 0 fully saturated rings. The molecule has 0 rings (SSSR count). The fourth-order valence-electron chi connectivity index (χ4n) is 5.16. The first-order valence-corrected chi connectivity index (χ1v) is 19.4. The highest BCUT2D eigenvalue weighted by atomic mass is 16.2. The van der Waals surface area contributed by atoms with Crippen LogP contribution < -0.4 is 44.2 Å². The van der Waals surface area contributed by atoms with Gasteiger partial charge >= 0.3 is 0 Å². The van der Waals surface area contributed by atoms with Crippen molar-refractivity contribution in [3.8, 4) is 0 Å². The Morgan fingerprint density at radius 2 is 1.00 bits per heavy atom. The fraction of sp³-hybridized carbons (Fsp3) is 0.757. The lowest BCUT2D eigenvalue weighted by molar-refractivity contribution is -0.133. The smallest absolute Gasteiger partial charge is 0.236 e. The van der Waals surface area contributed by atoms with Crippen LogP contribution in [0.1, 0.15) is 97.3 Å². The highest BCUT2D eigenvalue weighted by molar-refractivity contribution is 5.82. The lowest BCUT2D eigenvalue weighted by Crippen LogP contribution is -2.45. The van der Waals surface area contributed by atoms with E-state index in [-0.39, 0.29) is 36.1 Å². The van der Waals surface area contributed by atoms with Gasteiger partial charge in [0.2, 0.25) is 29.5 Å². The van der Waals surface area contributed by atoms with Crippen LogP contribution in [0.2, 0.25) is 0 Å². The Bertz CT molecular complexity index is 1010. The van der Waals surface area contributed by atoms with E-state index in [9.17, 15) is 24.0 Å². The third-order valence-corrected chi connectivity index (χ3v) is 8.23. The van der Waals surface area contributed by atoms with Gasteiger partial charge in [0.1, 0.15) is 0 Å². The molecule has 0 heterocycles. The van der Waals surface area contributed by atoms with Crippen molar-refractivity contribution in [3.05, 3.63) is 24.3 Å². The predicted octanol–water partition coefficient (Wildman–Crippen LogP) is 0.377. The van der Waals surface area contributed by atoms with Crippen LogP contribution in [0, 0.1) is 0 Å². The van der Waals surface area contributed by atoms with Gasteiger partial charge < -0.3 is 49.1 Å². The van der Waals surface area contributed by atoms with Crippen LogP contribution in [0.3, 0.4) is 0 Å². The first-order chi connectivity index (χ1) is 25.1. The van der Waals surface area contributed by atoms with E-state index in [0.29, 0.717) is 130 Å². The van der Waals surface area contributed by atoms with Crippen molar-refractivity contribution < 1.29 is 24.0 Å². The second-order valence-electron chi connectivity index (χ2n) is 12.9. The van der Waals surface area contributed by atoms with Crippen molar-refractivity contribution in [2.45, 2.75) is 109 Å². The fourth-order valence-corrected chi connectivity index (χ4v) is 5.16. The number of unbranched alkanes of at least 4 members (excludes halogenated alkanes) is 1. The summed E-state index contributed by atoms with van der Waals surface area (Å²) in [7, 11) is 0. The number of allylic oxidation sites excluding steroid dienone is 4. The maximum atomic E-state index is 13.7. The molecule has 15 heteroatoms. The quantitative estimate of drug-likeness (QED) is 0.0340. The molecule has 0 aromatic heterocycles. The first-order valence-electron chi connectivity index (χ1n) is 19.4. The number of hydrogen-bond acceptors (Lipinski definition) is 10. The van der Waals surface area contributed by atoms with Gasteiger partial charge in [0.05, 0.1) is 18.6 Å². The number of nitrogens with one attached hydrogen (secondary N) is 4. The summed E-state index contributed by atoms with van der Waals surface area (Å²) in [5.41, 5.74) is 22.8. The molecule has 0 aliphatic heterocycles. The predicted molar refractivity (Wildman–Crippen MR) is 209 cm³/mol. The van der Waals surface area contributed by atoms with Crippen molar-refractivity contribution >= 4 is 29.5 Å². The first kappa shape index (κ1) is 48.6. The molecule has 12 N–H and O–H groups in total. The number of carbonyl (C=O) groups is 5. The molecule has 0 saturated carbocycles. The number of hydrogen-bond donors (Lipinski definition) is 8. The van der Waals surface area contributed by atoms with E-state index < -0.39 is 12.1 Å². The standard InChI is InChI=1S/C37H72N10O5/c1-3-5-7-9-16-33(48)42-22-11-12-28-47(29-15-23-43-34(49)17-10-8-6-4-2)35(50)30-46(26-13-24-44-36(51)31(40)18-20-38)27-14-25-45-37(52)32(41)19-21-39/h5-8,31-32H,3-4,9-30,38-41H2,1-2H3,(H,42,48)(H,43,49)(H,44,51)(H,45,52)/t31-,32-/m0/s1. The van der Waals surface area contributed by atoms with Gasteiger partial charge in [0.25, 0.3) is 0 Å². The summed E-state index contributed by atoms with van der Waals surface area (Å²) in [6.07, 6.45) is 16.3. The summed E-state index contributed by atoms with van der Waals surface area (Å²) in [5, 5.41) is 11.6. The molecule has 15 nitrogen and oxygen atoms in total. The van der Waals surface area contributed by atoms with E-state index in [2.05, 4.69) is 35.1 Å². The SMILES string of the molecule is CCC=CCCC(=O)NCCCCN(CCCNC(=O)CCC=CCC)C(=O)CN(CCCNC(=O)[C@@H](N)CCN)CCCNC(=O)[C@@H](N)CCN. The maximum Gasteiger partial charge on any atom is 0.236 e. The van der Waals surface area contributed by atoms with Gasteiger partial charge in [-0.15, -0.1) is 0 Å². The van der Waals surface area contributed by atoms with E-state index in [4.69, 9.17) is 22.9 Å². The van der Waals surface area contributed by atoms with Crippen molar-refractivity contribution in [2.75, 3.05) is 72.0 Å². The van der Waals surface area contributed by atoms with Crippen LogP contribution in [0.15, 0.2) is 24.3 Å². The lowest BCUT2D eigenvalue weighted by Gasteiger charge is -2.28. The summed E-state index contributed by atoms with van der Waals surface area (Å²) in [6.45, 7) is 8.75. The maximum absolute atomic E-state index is 13.7. The molecule has 300 valence electrons. The molecule has 0 aliphatic carbocycles. The van der Waals surface area contributed by atoms with Crippen molar-refractivity contribution in [1.82, 2.24) is 31.1 Å². The number of rotatable bonds is 33. The van der Waals surface area contributed by atoms with E-state index >= 15 is 0 Å². The van der Waals surface area contributed by atoms with Crippen molar-refractivity contribution in [2.24, 2.45) is 22.9 Å². The molecule has 52 heavy (non-hydrogen) atoms. The molecule has 0 bridgehead atoms.